The summed E-state index contributed by atoms with van der Waals surface area (Å²) in [6.45, 7) is 6.14. The van der Waals surface area contributed by atoms with E-state index in [0.29, 0.717) is 16.0 Å². The van der Waals surface area contributed by atoms with Gasteiger partial charge in [0, 0.05) is 40.7 Å². The summed E-state index contributed by atoms with van der Waals surface area (Å²) >= 11 is 7.55. The van der Waals surface area contributed by atoms with Crippen molar-refractivity contribution in [2.75, 3.05) is 29.1 Å². The topological polar surface area (TPSA) is 63.1 Å². The van der Waals surface area contributed by atoms with Crippen LogP contribution in [0.2, 0.25) is 5.02 Å². The van der Waals surface area contributed by atoms with Crippen molar-refractivity contribution in [3.8, 4) is 17.1 Å². The number of nitrogens with zero attached hydrogens (tertiary/aromatic N) is 4. The molecular weight excluding hydrogens is 466 g/mol. The molecule has 6 nitrogen and oxygen atoms in total. The fourth-order valence-electron chi connectivity index (χ4n) is 3.66. The molecule has 0 radical (unpaired) electrons. The van der Waals surface area contributed by atoms with Crippen molar-refractivity contribution in [2.24, 2.45) is 0 Å². The third-order valence-electron chi connectivity index (χ3n) is 5.34. The number of carbonyl (C=O) groups excluding carboxylic acids is 1. The molecule has 34 heavy (non-hydrogen) atoms. The van der Waals surface area contributed by atoms with Crippen LogP contribution in [0.5, 0.6) is 0 Å². The Bertz CT molecular complexity index is 1240. The second kappa shape index (κ2) is 11.2. The summed E-state index contributed by atoms with van der Waals surface area (Å²) < 4.78 is 1.95. The van der Waals surface area contributed by atoms with Gasteiger partial charge in [0.25, 0.3) is 0 Å². The molecule has 4 aromatic rings. The standard InChI is InChI=1S/C26H26ClN5OS/c1-3-31(4-2)22-15-13-21(14-16-22)28-24(33)18-34-26-30-29-25(19-9-8-10-20(27)17-19)32(26)23-11-6-5-7-12-23/h5-17H,3-4,18H2,1-2H3,(H,28,33). The van der Waals surface area contributed by atoms with Gasteiger partial charge in [0.15, 0.2) is 11.0 Å². The lowest BCUT2D eigenvalue weighted by Crippen LogP contribution is -2.21. The molecule has 0 aliphatic heterocycles. The minimum Gasteiger partial charge on any atom is -0.372 e. The summed E-state index contributed by atoms with van der Waals surface area (Å²) in [4.78, 5) is 14.9. The molecular formula is C26H26ClN5OS. The highest BCUT2D eigenvalue weighted by Gasteiger charge is 2.17. The SMILES string of the molecule is CCN(CC)c1ccc(NC(=O)CSc2nnc(-c3cccc(Cl)c3)n2-c2ccccc2)cc1. The Hall–Kier alpha value is -3.29. The number of para-hydroxylation sites is 1. The van der Waals surface area contributed by atoms with Crippen LogP contribution in [0.15, 0.2) is 84.0 Å². The number of thioether (sulfide) groups is 1. The average Bonchev–Trinajstić information content (AvgIpc) is 3.29. The Kier molecular flexibility index (Phi) is 7.87. The number of hydrogen-bond acceptors (Lipinski definition) is 5. The highest BCUT2D eigenvalue weighted by atomic mass is 35.5. The van der Waals surface area contributed by atoms with E-state index in [1.807, 2.05) is 83.4 Å². The summed E-state index contributed by atoms with van der Waals surface area (Å²) in [5, 5.41) is 13.0. The molecule has 4 rings (SSSR count). The first-order chi connectivity index (χ1) is 16.6. The number of nitrogens with one attached hydrogen (secondary N) is 1. The zero-order chi connectivity index (χ0) is 23.9. The molecule has 0 fully saturated rings. The zero-order valence-electron chi connectivity index (χ0n) is 19.1. The average molecular weight is 492 g/mol. The van der Waals surface area contributed by atoms with Gasteiger partial charge in [0.1, 0.15) is 0 Å². The fraction of sp³-hybridized carbons (Fsp3) is 0.192. The van der Waals surface area contributed by atoms with Crippen LogP contribution in [-0.2, 0) is 4.79 Å². The number of rotatable bonds is 9. The van der Waals surface area contributed by atoms with Crippen molar-refractivity contribution in [1.82, 2.24) is 14.8 Å². The van der Waals surface area contributed by atoms with E-state index in [1.165, 1.54) is 11.8 Å². The smallest absolute Gasteiger partial charge is 0.234 e. The van der Waals surface area contributed by atoms with Crippen molar-refractivity contribution in [1.29, 1.82) is 0 Å². The van der Waals surface area contributed by atoms with Gasteiger partial charge in [-0.15, -0.1) is 10.2 Å². The van der Waals surface area contributed by atoms with Crippen LogP contribution >= 0.6 is 23.4 Å². The van der Waals surface area contributed by atoms with Gasteiger partial charge >= 0.3 is 0 Å². The van der Waals surface area contributed by atoms with E-state index in [0.717, 1.165) is 35.7 Å². The van der Waals surface area contributed by atoms with Gasteiger partial charge in [0.05, 0.1) is 5.75 Å². The third-order valence-corrected chi connectivity index (χ3v) is 6.51. The minimum absolute atomic E-state index is 0.104. The predicted molar refractivity (Wildman–Crippen MR) is 141 cm³/mol. The Balaban J connectivity index is 1.50. The van der Waals surface area contributed by atoms with E-state index in [9.17, 15) is 4.79 Å². The molecule has 0 aliphatic carbocycles. The molecule has 1 amide bonds. The largest absolute Gasteiger partial charge is 0.372 e. The highest BCUT2D eigenvalue weighted by Crippen LogP contribution is 2.29. The predicted octanol–water partition coefficient (Wildman–Crippen LogP) is 6.16. The van der Waals surface area contributed by atoms with E-state index in [4.69, 9.17) is 11.6 Å². The molecule has 0 unspecified atom stereocenters. The van der Waals surface area contributed by atoms with Crippen LogP contribution in [0.1, 0.15) is 13.8 Å². The third kappa shape index (κ3) is 5.61. The van der Waals surface area contributed by atoms with Gasteiger partial charge in [-0.3, -0.25) is 9.36 Å². The number of halogens is 1. The summed E-state index contributed by atoms with van der Waals surface area (Å²) in [6.07, 6.45) is 0. The Morgan fingerprint density at radius 3 is 2.38 bits per heavy atom. The molecule has 174 valence electrons. The summed E-state index contributed by atoms with van der Waals surface area (Å²) in [5.74, 6) is 0.772. The van der Waals surface area contributed by atoms with Crippen molar-refractivity contribution in [2.45, 2.75) is 19.0 Å². The van der Waals surface area contributed by atoms with Crippen LogP contribution in [0.25, 0.3) is 17.1 Å². The molecule has 1 heterocycles. The monoisotopic (exact) mass is 491 g/mol. The summed E-state index contributed by atoms with van der Waals surface area (Å²) in [5.41, 5.74) is 3.68. The lowest BCUT2D eigenvalue weighted by atomic mass is 10.2. The molecule has 0 saturated heterocycles. The molecule has 0 atom stereocenters. The van der Waals surface area contributed by atoms with Gasteiger partial charge in [-0.1, -0.05) is 53.7 Å². The van der Waals surface area contributed by atoms with Gasteiger partial charge < -0.3 is 10.2 Å². The lowest BCUT2D eigenvalue weighted by molar-refractivity contribution is -0.113. The van der Waals surface area contributed by atoms with Gasteiger partial charge in [-0.05, 0) is 62.4 Å². The van der Waals surface area contributed by atoms with Crippen LogP contribution in [-0.4, -0.2) is 39.5 Å². The molecule has 0 spiro atoms. The molecule has 8 heteroatoms. The maximum atomic E-state index is 12.7. The van der Waals surface area contributed by atoms with Crippen LogP contribution in [0, 0.1) is 0 Å². The van der Waals surface area contributed by atoms with E-state index in [2.05, 4.69) is 34.3 Å². The van der Waals surface area contributed by atoms with E-state index in [-0.39, 0.29) is 11.7 Å². The number of carbonyl (C=O) groups is 1. The lowest BCUT2D eigenvalue weighted by Gasteiger charge is -2.21. The van der Waals surface area contributed by atoms with Crippen molar-refractivity contribution in [3.05, 3.63) is 83.9 Å². The number of amides is 1. The maximum absolute atomic E-state index is 12.7. The van der Waals surface area contributed by atoms with Crippen molar-refractivity contribution in [3.63, 3.8) is 0 Å². The molecule has 0 aliphatic rings. The quantitative estimate of drug-likeness (QED) is 0.284. The second-order valence-corrected chi connectivity index (χ2v) is 8.92. The summed E-state index contributed by atoms with van der Waals surface area (Å²) in [7, 11) is 0. The first kappa shape index (κ1) is 23.9. The van der Waals surface area contributed by atoms with Crippen LogP contribution in [0.4, 0.5) is 11.4 Å². The number of benzene rings is 3. The zero-order valence-corrected chi connectivity index (χ0v) is 20.7. The van der Waals surface area contributed by atoms with E-state index < -0.39 is 0 Å². The Labute approximate surface area is 209 Å². The number of anilines is 2. The minimum atomic E-state index is -0.104. The second-order valence-electron chi connectivity index (χ2n) is 7.54. The molecule has 3 aromatic carbocycles. The Morgan fingerprint density at radius 2 is 1.71 bits per heavy atom. The normalized spacial score (nSPS) is 10.8. The van der Waals surface area contributed by atoms with Crippen molar-refractivity contribution >= 4 is 40.6 Å². The van der Waals surface area contributed by atoms with E-state index in [1.54, 1.807) is 0 Å². The molecule has 0 bridgehead atoms. The van der Waals surface area contributed by atoms with Crippen LogP contribution in [0.3, 0.4) is 0 Å². The Morgan fingerprint density at radius 1 is 0.971 bits per heavy atom. The first-order valence-corrected chi connectivity index (χ1v) is 12.5. The number of aromatic nitrogens is 3. The molecule has 1 aromatic heterocycles. The molecule has 1 N–H and O–H groups in total. The van der Waals surface area contributed by atoms with Crippen molar-refractivity contribution < 1.29 is 4.79 Å². The first-order valence-electron chi connectivity index (χ1n) is 11.1. The molecule has 0 saturated carbocycles. The van der Waals surface area contributed by atoms with Gasteiger partial charge in [0.2, 0.25) is 5.91 Å². The number of hydrogen-bond donors (Lipinski definition) is 1. The summed E-state index contributed by atoms with van der Waals surface area (Å²) in [6, 6.07) is 25.3. The van der Waals surface area contributed by atoms with Gasteiger partial charge in [-0.2, -0.15) is 0 Å². The van der Waals surface area contributed by atoms with E-state index >= 15 is 0 Å². The maximum Gasteiger partial charge on any atom is 0.234 e. The highest BCUT2D eigenvalue weighted by molar-refractivity contribution is 7.99. The van der Waals surface area contributed by atoms with Gasteiger partial charge in [-0.25, -0.2) is 0 Å². The fourth-order valence-corrected chi connectivity index (χ4v) is 4.60. The van der Waals surface area contributed by atoms with Crippen LogP contribution < -0.4 is 10.2 Å².